The van der Waals surface area contributed by atoms with E-state index in [-0.39, 0.29) is 0 Å². The third-order valence-electron chi connectivity index (χ3n) is 2.59. The van der Waals surface area contributed by atoms with E-state index in [4.69, 9.17) is 0 Å². The summed E-state index contributed by atoms with van der Waals surface area (Å²) in [5.74, 6) is 0. The Balaban J connectivity index is 2.18. The lowest BCUT2D eigenvalue weighted by atomic mass is 10.2. The lowest BCUT2D eigenvalue weighted by molar-refractivity contribution is 0.451. The zero-order chi connectivity index (χ0) is 11.5. The van der Waals surface area contributed by atoms with Crippen molar-refractivity contribution in [2.45, 2.75) is 6.92 Å². The van der Waals surface area contributed by atoms with Crippen LogP contribution in [0.4, 0.5) is 5.69 Å². The van der Waals surface area contributed by atoms with E-state index in [1.54, 1.807) is 12.4 Å². The smallest absolute Gasteiger partial charge is 0.0482 e. The van der Waals surface area contributed by atoms with E-state index in [1.165, 1.54) is 9.87 Å². The molecule has 0 fully saturated rings. The summed E-state index contributed by atoms with van der Waals surface area (Å²) in [6.45, 7) is 3.21. The van der Waals surface area contributed by atoms with Crippen molar-refractivity contribution < 1.29 is 8.76 Å². The number of hydrogen-bond donors (Lipinski definition) is 0. The minimum atomic E-state index is -2.16. The predicted molar refractivity (Wildman–Crippen MR) is 63.3 cm³/mol. The Labute approximate surface area is 97.6 Å². The third kappa shape index (κ3) is 2.25. The highest BCUT2D eigenvalue weighted by atomic mass is 32.2. The Morgan fingerprint density at radius 3 is 2.56 bits per heavy atom. The number of nitrogens with zero attached hydrogens (tertiary/aromatic N) is 2. The van der Waals surface area contributed by atoms with Gasteiger partial charge in [-0.05, 0) is 18.6 Å². The first-order chi connectivity index (χ1) is 7.68. The molecule has 1 aromatic carbocycles. The average Bonchev–Trinajstić information content (AvgIpc) is 2.30. The lowest BCUT2D eigenvalue weighted by Gasteiger charge is -2.32. The van der Waals surface area contributed by atoms with E-state index in [1.807, 2.05) is 31.2 Å². The average molecular weight is 237 g/mol. The van der Waals surface area contributed by atoms with Crippen molar-refractivity contribution >= 4 is 17.0 Å². The molecule has 1 atom stereocenters. The summed E-state index contributed by atoms with van der Waals surface area (Å²) >= 11 is -2.16. The van der Waals surface area contributed by atoms with Crippen LogP contribution in [0.5, 0.6) is 0 Å². The molecule has 2 rings (SSSR count). The van der Waals surface area contributed by atoms with Gasteiger partial charge in [0, 0.05) is 42.4 Å². The van der Waals surface area contributed by atoms with E-state index >= 15 is 0 Å². The van der Waals surface area contributed by atoms with Crippen LogP contribution in [0.15, 0.2) is 36.7 Å². The van der Waals surface area contributed by atoms with Crippen molar-refractivity contribution in [2.24, 2.45) is 0 Å². The van der Waals surface area contributed by atoms with Gasteiger partial charge < -0.3 is 13.8 Å². The number of aryl methyl sites for hydroxylation is 1. The Morgan fingerprint density at radius 1 is 1.25 bits per heavy atom. The molecule has 5 heteroatoms. The van der Waals surface area contributed by atoms with Crippen LogP contribution in [-0.2, 0) is 11.3 Å². The first-order valence-corrected chi connectivity index (χ1v) is 6.08. The number of hydrogen-bond acceptors (Lipinski definition) is 3. The van der Waals surface area contributed by atoms with Crippen LogP contribution in [-0.4, -0.2) is 26.2 Å². The number of para-hydroxylation sites is 1. The van der Waals surface area contributed by atoms with E-state index in [2.05, 4.69) is 4.90 Å². The first kappa shape index (κ1) is 11.2. The molecule has 0 radical (unpaired) electrons. The van der Waals surface area contributed by atoms with Crippen molar-refractivity contribution in [3.63, 3.8) is 0 Å². The second kappa shape index (κ2) is 4.67. The second-order valence-corrected chi connectivity index (χ2v) is 4.54. The maximum absolute atomic E-state index is 10.7. The van der Waals surface area contributed by atoms with Crippen LogP contribution in [0.25, 0.3) is 0 Å². The Morgan fingerprint density at radius 2 is 2.00 bits per heavy atom. The van der Waals surface area contributed by atoms with Gasteiger partial charge in [0.2, 0.25) is 0 Å². The maximum Gasteiger partial charge on any atom is 0.0482 e. The molecule has 4 nitrogen and oxygen atoms in total. The van der Waals surface area contributed by atoms with Gasteiger partial charge in [0.05, 0.1) is 0 Å². The van der Waals surface area contributed by atoms with Gasteiger partial charge in [0.25, 0.3) is 0 Å². The number of rotatable bonds is 2. The number of anilines is 1. The fourth-order valence-electron chi connectivity index (χ4n) is 1.72. The molecule has 0 saturated carbocycles. The highest BCUT2D eigenvalue weighted by Gasteiger charge is 2.12. The van der Waals surface area contributed by atoms with Gasteiger partial charge in [-0.3, -0.25) is 4.21 Å². The van der Waals surface area contributed by atoms with Gasteiger partial charge in [-0.25, -0.2) is 0 Å². The lowest BCUT2D eigenvalue weighted by Crippen LogP contribution is -2.35. The first-order valence-electron chi connectivity index (χ1n) is 5.05. The van der Waals surface area contributed by atoms with Crippen molar-refractivity contribution in [3.8, 4) is 0 Å². The fraction of sp³-hybridized carbons (Fsp3) is 0.273. The van der Waals surface area contributed by atoms with Crippen LogP contribution < -0.4 is 4.90 Å². The van der Waals surface area contributed by atoms with E-state index in [0.29, 0.717) is 13.1 Å². The molecular weight excluding hydrogens is 224 g/mol. The summed E-state index contributed by atoms with van der Waals surface area (Å²) < 4.78 is 22.7. The summed E-state index contributed by atoms with van der Waals surface area (Å²) in [4.78, 5) is 2.05. The molecule has 1 aliphatic rings. The highest BCUT2D eigenvalue weighted by molar-refractivity contribution is 7.76. The Hall–Kier alpha value is -1.33. The van der Waals surface area contributed by atoms with Gasteiger partial charge in [0.1, 0.15) is 0 Å². The van der Waals surface area contributed by atoms with E-state index in [0.717, 1.165) is 5.69 Å². The van der Waals surface area contributed by atoms with Crippen LogP contribution in [0.3, 0.4) is 0 Å². The van der Waals surface area contributed by atoms with Crippen LogP contribution in [0, 0.1) is 6.92 Å². The maximum atomic E-state index is 10.7. The minimum absolute atomic E-state index is 0.487. The highest BCUT2D eigenvalue weighted by Crippen LogP contribution is 2.21. The van der Waals surface area contributed by atoms with Crippen LogP contribution in [0.1, 0.15) is 5.56 Å². The zero-order valence-electron chi connectivity index (χ0n) is 9.00. The summed E-state index contributed by atoms with van der Waals surface area (Å²) in [5, 5.41) is 0. The monoisotopic (exact) mass is 237 g/mol. The fourth-order valence-corrected chi connectivity index (χ4v) is 2.11. The molecule has 0 saturated heterocycles. The molecule has 0 amide bonds. The standard InChI is InChI=1S/C11H14N2O2S/c1-10-4-2-3-5-11(10)12-6-8-13(9-7-12)16(14)15/h2-6,8H,7,9H2,1H3,(H,14,15)/p-1. The molecule has 1 aromatic rings. The molecule has 1 aliphatic heterocycles. The summed E-state index contributed by atoms with van der Waals surface area (Å²) in [6.07, 6.45) is 3.38. The summed E-state index contributed by atoms with van der Waals surface area (Å²) in [6, 6.07) is 8.05. The predicted octanol–water partition coefficient (Wildman–Crippen LogP) is 1.38. The zero-order valence-corrected chi connectivity index (χ0v) is 9.81. The van der Waals surface area contributed by atoms with Crippen LogP contribution >= 0.6 is 0 Å². The van der Waals surface area contributed by atoms with Gasteiger partial charge in [-0.1, -0.05) is 18.2 Å². The van der Waals surface area contributed by atoms with Gasteiger partial charge in [-0.2, -0.15) is 0 Å². The molecule has 0 N–H and O–H groups in total. The quantitative estimate of drug-likeness (QED) is 0.730. The molecule has 16 heavy (non-hydrogen) atoms. The van der Waals surface area contributed by atoms with E-state index in [9.17, 15) is 8.76 Å². The molecule has 0 bridgehead atoms. The van der Waals surface area contributed by atoms with Gasteiger partial charge in [-0.15, -0.1) is 0 Å². The Kier molecular flexibility index (Phi) is 3.26. The third-order valence-corrected chi connectivity index (χ3v) is 3.28. The Bertz CT molecular complexity index is 434. The second-order valence-electron chi connectivity index (χ2n) is 3.64. The number of benzene rings is 1. The molecule has 1 heterocycles. The molecule has 0 aliphatic carbocycles. The van der Waals surface area contributed by atoms with Gasteiger partial charge >= 0.3 is 0 Å². The van der Waals surface area contributed by atoms with Crippen molar-refractivity contribution in [1.82, 2.24) is 4.31 Å². The van der Waals surface area contributed by atoms with Gasteiger partial charge in [0.15, 0.2) is 0 Å². The molecular formula is C11H13N2O2S-. The summed E-state index contributed by atoms with van der Waals surface area (Å²) in [5.41, 5.74) is 2.30. The topological polar surface area (TPSA) is 46.6 Å². The minimum Gasteiger partial charge on any atom is -0.755 e. The molecule has 86 valence electrons. The van der Waals surface area contributed by atoms with E-state index < -0.39 is 11.3 Å². The van der Waals surface area contributed by atoms with Crippen molar-refractivity contribution in [2.75, 3.05) is 18.0 Å². The molecule has 1 unspecified atom stereocenters. The largest absolute Gasteiger partial charge is 0.755 e. The van der Waals surface area contributed by atoms with Crippen molar-refractivity contribution in [1.29, 1.82) is 0 Å². The molecule has 0 spiro atoms. The molecule has 0 aromatic heterocycles. The van der Waals surface area contributed by atoms with Crippen molar-refractivity contribution in [3.05, 3.63) is 42.2 Å². The normalized spacial score (nSPS) is 17.6. The van der Waals surface area contributed by atoms with Crippen LogP contribution in [0.2, 0.25) is 0 Å². The summed E-state index contributed by atoms with van der Waals surface area (Å²) in [7, 11) is 0. The SMILES string of the molecule is Cc1ccccc1N1C=CN(S(=O)[O-])CC1.